The lowest BCUT2D eigenvalue weighted by atomic mass is 10.0. The molecular formula is C19H30N4O2. The minimum atomic E-state index is -0.261. The predicted octanol–water partition coefficient (Wildman–Crippen LogP) is 2.82. The molecule has 25 heavy (non-hydrogen) atoms. The molecule has 3 N–H and O–H groups in total. The fourth-order valence-corrected chi connectivity index (χ4v) is 3.13. The van der Waals surface area contributed by atoms with Crippen LogP contribution in [0.5, 0.6) is 0 Å². The molecule has 1 fully saturated rings. The molecule has 1 aromatic carbocycles. The molecule has 138 valence electrons. The third kappa shape index (κ3) is 5.74. The van der Waals surface area contributed by atoms with Crippen LogP contribution in [-0.2, 0) is 0 Å². The summed E-state index contributed by atoms with van der Waals surface area (Å²) in [5.41, 5.74) is 1.25. The molecule has 1 saturated heterocycles. The van der Waals surface area contributed by atoms with Gasteiger partial charge in [0.05, 0.1) is 0 Å². The van der Waals surface area contributed by atoms with E-state index in [1.165, 1.54) is 0 Å². The van der Waals surface area contributed by atoms with Crippen LogP contribution in [0.2, 0.25) is 0 Å². The van der Waals surface area contributed by atoms with Crippen LogP contribution in [0.25, 0.3) is 0 Å². The molecule has 6 heteroatoms. The van der Waals surface area contributed by atoms with Gasteiger partial charge in [0.15, 0.2) is 0 Å². The number of hydrogen-bond acceptors (Lipinski definition) is 3. The molecule has 2 rings (SSSR count). The number of nitrogens with zero attached hydrogens (tertiary/aromatic N) is 1. The highest BCUT2D eigenvalue weighted by atomic mass is 16.2. The minimum Gasteiger partial charge on any atom is -0.336 e. The number of carbonyl (C=O) groups is 2. The Bertz CT molecular complexity index is 583. The highest BCUT2D eigenvalue weighted by molar-refractivity contribution is 5.97. The molecule has 0 aliphatic carbocycles. The van der Waals surface area contributed by atoms with E-state index in [-0.39, 0.29) is 24.0 Å². The molecular weight excluding hydrogens is 316 g/mol. The van der Waals surface area contributed by atoms with Crippen LogP contribution < -0.4 is 16.0 Å². The predicted molar refractivity (Wildman–Crippen MR) is 101 cm³/mol. The second-order valence-electron chi connectivity index (χ2n) is 6.81. The monoisotopic (exact) mass is 346 g/mol. The van der Waals surface area contributed by atoms with Crippen LogP contribution in [0.1, 0.15) is 50.4 Å². The highest BCUT2D eigenvalue weighted by Gasteiger charge is 2.25. The topological polar surface area (TPSA) is 73.5 Å². The van der Waals surface area contributed by atoms with Gasteiger partial charge in [-0.15, -0.1) is 0 Å². The van der Waals surface area contributed by atoms with Gasteiger partial charge in [-0.05, 0) is 64.4 Å². The summed E-state index contributed by atoms with van der Waals surface area (Å²) < 4.78 is 0. The number of hydrogen-bond donors (Lipinski definition) is 3. The van der Waals surface area contributed by atoms with Crippen molar-refractivity contribution < 1.29 is 9.59 Å². The molecule has 1 aliphatic rings. The summed E-state index contributed by atoms with van der Waals surface area (Å²) in [6.45, 7) is 8.57. The number of nitrogens with one attached hydrogen (secondary N) is 3. The van der Waals surface area contributed by atoms with Crippen LogP contribution >= 0.6 is 0 Å². The van der Waals surface area contributed by atoms with Gasteiger partial charge < -0.3 is 20.9 Å². The van der Waals surface area contributed by atoms with Gasteiger partial charge in [0.2, 0.25) is 0 Å². The van der Waals surface area contributed by atoms with Gasteiger partial charge >= 0.3 is 6.03 Å². The van der Waals surface area contributed by atoms with Gasteiger partial charge in [0.1, 0.15) is 0 Å². The normalized spacial score (nSPS) is 15.0. The van der Waals surface area contributed by atoms with E-state index < -0.39 is 0 Å². The Hall–Kier alpha value is -2.08. The fraction of sp³-hybridized carbons (Fsp3) is 0.579. The van der Waals surface area contributed by atoms with Gasteiger partial charge in [0, 0.05) is 29.9 Å². The second-order valence-corrected chi connectivity index (χ2v) is 6.81. The quantitative estimate of drug-likeness (QED) is 0.741. The molecule has 0 bridgehead atoms. The van der Waals surface area contributed by atoms with Gasteiger partial charge in [-0.25, -0.2) is 4.79 Å². The van der Waals surface area contributed by atoms with Gasteiger partial charge in [-0.2, -0.15) is 0 Å². The Kier molecular flexibility index (Phi) is 7.25. The highest BCUT2D eigenvalue weighted by Crippen LogP contribution is 2.18. The standard InChI is InChI=1S/C19H30N4O2/c1-4-12-23(17-8-10-20-11-9-17)18(24)15-6-5-7-16(13-15)22-19(25)21-14(2)3/h5-7,13-14,17,20H,4,8-12H2,1-3H3,(H2,21,22,25). The zero-order valence-electron chi connectivity index (χ0n) is 15.5. The van der Waals surface area contributed by atoms with Gasteiger partial charge in [-0.3, -0.25) is 4.79 Å². The Labute approximate surface area is 150 Å². The molecule has 0 spiro atoms. The third-order valence-electron chi connectivity index (χ3n) is 4.26. The van der Waals surface area contributed by atoms with Crippen LogP contribution in [0, 0.1) is 0 Å². The summed E-state index contributed by atoms with van der Waals surface area (Å²) in [6.07, 6.45) is 2.91. The third-order valence-corrected chi connectivity index (χ3v) is 4.26. The number of piperidine rings is 1. The molecule has 1 aromatic rings. The maximum atomic E-state index is 13.0. The smallest absolute Gasteiger partial charge is 0.319 e. The summed E-state index contributed by atoms with van der Waals surface area (Å²) >= 11 is 0. The Morgan fingerprint density at radius 2 is 2.00 bits per heavy atom. The SMILES string of the molecule is CCCN(C(=O)c1cccc(NC(=O)NC(C)C)c1)C1CCNCC1. The Balaban J connectivity index is 2.10. The maximum Gasteiger partial charge on any atom is 0.319 e. The zero-order valence-corrected chi connectivity index (χ0v) is 15.5. The van der Waals surface area contributed by atoms with Gasteiger partial charge in [-0.1, -0.05) is 13.0 Å². The van der Waals surface area contributed by atoms with Crippen molar-refractivity contribution in [2.75, 3.05) is 25.0 Å². The van der Waals surface area contributed by atoms with E-state index in [1.54, 1.807) is 12.1 Å². The second kappa shape index (κ2) is 9.42. The summed E-state index contributed by atoms with van der Waals surface area (Å²) in [5.74, 6) is 0.0432. The van der Waals surface area contributed by atoms with E-state index in [9.17, 15) is 9.59 Å². The molecule has 0 radical (unpaired) electrons. The zero-order chi connectivity index (χ0) is 18.2. The van der Waals surface area contributed by atoms with Crippen molar-refractivity contribution in [3.63, 3.8) is 0 Å². The summed E-state index contributed by atoms with van der Waals surface area (Å²) in [5, 5.41) is 8.91. The molecule has 0 saturated carbocycles. The number of benzene rings is 1. The van der Waals surface area contributed by atoms with E-state index in [4.69, 9.17) is 0 Å². The van der Waals surface area contributed by atoms with E-state index in [0.29, 0.717) is 11.3 Å². The van der Waals surface area contributed by atoms with Crippen LogP contribution in [0.15, 0.2) is 24.3 Å². The van der Waals surface area contributed by atoms with Crippen molar-refractivity contribution in [1.82, 2.24) is 15.5 Å². The van der Waals surface area contributed by atoms with E-state index >= 15 is 0 Å². The first-order valence-electron chi connectivity index (χ1n) is 9.20. The van der Waals surface area contributed by atoms with E-state index in [2.05, 4.69) is 22.9 Å². The largest absolute Gasteiger partial charge is 0.336 e. The molecule has 6 nitrogen and oxygen atoms in total. The van der Waals surface area contributed by atoms with Gasteiger partial charge in [0.25, 0.3) is 5.91 Å². The first-order chi connectivity index (χ1) is 12.0. The molecule has 0 atom stereocenters. The molecule has 1 aliphatic heterocycles. The number of urea groups is 1. The van der Waals surface area contributed by atoms with Crippen LogP contribution in [-0.4, -0.2) is 48.6 Å². The molecule has 0 aromatic heterocycles. The Morgan fingerprint density at radius 3 is 2.64 bits per heavy atom. The van der Waals surface area contributed by atoms with Crippen LogP contribution in [0.4, 0.5) is 10.5 Å². The molecule has 0 unspecified atom stereocenters. The molecule has 1 heterocycles. The van der Waals surface area contributed by atoms with E-state index in [1.807, 2.05) is 30.9 Å². The number of anilines is 1. The lowest BCUT2D eigenvalue weighted by molar-refractivity contribution is 0.0642. The van der Waals surface area contributed by atoms with E-state index in [0.717, 1.165) is 38.9 Å². The first-order valence-corrected chi connectivity index (χ1v) is 9.20. The van der Waals surface area contributed by atoms with Crippen molar-refractivity contribution in [3.05, 3.63) is 29.8 Å². The first kappa shape index (κ1) is 19.2. The number of carbonyl (C=O) groups excluding carboxylic acids is 2. The maximum absolute atomic E-state index is 13.0. The minimum absolute atomic E-state index is 0.0432. The molecule has 3 amide bonds. The van der Waals surface area contributed by atoms with Crippen molar-refractivity contribution in [2.45, 2.75) is 52.1 Å². The lowest BCUT2D eigenvalue weighted by Crippen LogP contribution is -2.46. The average Bonchev–Trinajstić information content (AvgIpc) is 2.59. The summed E-state index contributed by atoms with van der Waals surface area (Å²) in [7, 11) is 0. The van der Waals surface area contributed by atoms with Crippen molar-refractivity contribution >= 4 is 17.6 Å². The summed E-state index contributed by atoms with van der Waals surface area (Å²) in [4.78, 5) is 26.9. The van der Waals surface area contributed by atoms with Crippen LogP contribution in [0.3, 0.4) is 0 Å². The Morgan fingerprint density at radius 1 is 1.28 bits per heavy atom. The summed E-state index contributed by atoms with van der Waals surface area (Å²) in [6, 6.07) is 7.27. The fourth-order valence-electron chi connectivity index (χ4n) is 3.13. The van der Waals surface area contributed by atoms with Crippen molar-refractivity contribution in [2.24, 2.45) is 0 Å². The average molecular weight is 346 g/mol. The number of rotatable bonds is 6. The number of amides is 3. The van der Waals surface area contributed by atoms with Crippen molar-refractivity contribution in [3.8, 4) is 0 Å². The lowest BCUT2D eigenvalue weighted by Gasteiger charge is -2.34. The van der Waals surface area contributed by atoms with Crippen molar-refractivity contribution in [1.29, 1.82) is 0 Å².